The van der Waals surface area contributed by atoms with Gasteiger partial charge in [-0.15, -0.1) is 0 Å². The van der Waals surface area contributed by atoms with E-state index in [2.05, 4.69) is 43.5 Å². The van der Waals surface area contributed by atoms with Crippen LogP contribution in [0.3, 0.4) is 0 Å². The van der Waals surface area contributed by atoms with Crippen LogP contribution in [-0.4, -0.2) is 193 Å². The lowest BCUT2D eigenvalue weighted by Gasteiger charge is -2.48. The Balaban J connectivity index is 1.55. The molecule has 3 heterocycles. The number of allylic oxidation sites excluding steroid dienone is 5. The Bertz CT molecular complexity index is 1450. The van der Waals surface area contributed by atoms with Gasteiger partial charge in [0.05, 0.1) is 38.6 Å². The average molecular weight is 1020 g/mol. The van der Waals surface area contributed by atoms with E-state index < -0.39 is 124 Å². The minimum Gasteiger partial charge on any atom is -0.394 e. The topological polar surface area (TPSA) is 307 Å². The van der Waals surface area contributed by atoms with Crippen molar-refractivity contribution in [2.24, 2.45) is 0 Å². The Morgan fingerprint density at radius 1 is 0.493 bits per heavy atom. The first-order valence-corrected chi connectivity index (χ1v) is 26.7. The Morgan fingerprint density at radius 2 is 0.901 bits per heavy atom. The van der Waals surface area contributed by atoms with Crippen LogP contribution in [0.5, 0.6) is 0 Å². The second-order valence-electron chi connectivity index (χ2n) is 19.3. The average Bonchev–Trinajstić information content (AvgIpc) is 3.36. The summed E-state index contributed by atoms with van der Waals surface area (Å²) in [6.45, 7) is 1.61. The molecule has 0 radical (unpaired) electrons. The lowest BCUT2D eigenvalue weighted by atomic mass is 9.96. The van der Waals surface area contributed by atoms with Crippen molar-refractivity contribution in [1.82, 2.24) is 5.32 Å². The van der Waals surface area contributed by atoms with Gasteiger partial charge in [-0.25, -0.2) is 0 Å². The standard InChI is InChI=1S/C52H93NO18/c1-3-5-7-9-11-13-14-15-16-17-18-19-20-21-22-23-25-27-29-36(57)35(53-40(58)30-28-26-24-12-10-8-6-4-2)34-66-50-46(64)43(61)48(38(32-55)68-50)71-52-47(65)44(62)49(39(33-56)69-52)70-51-45(63)42(60)41(59)37(31-54)67-51/h17-18,21-22,27,29,35-39,41-52,54-57,59-65H,3-16,19-20,23-26,28,30-34H2,1-2H3,(H,53,58)/b18-17+,22-21+,29-27+. The highest BCUT2D eigenvalue weighted by Crippen LogP contribution is 2.33. The van der Waals surface area contributed by atoms with Gasteiger partial charge in [0, 0.05) is 6.42 Å². The zero-order valence-electron chi connectivity index (χ0n) is 42.4. The van der Waals surface area contributed by atoms with Crippen LogP contribution in [0.25, 0.3) is 0 Å². The van der Waals surface area contributed by atoms with Crippen molar-refractivity contribution in [1.29, 1.82) is 0 Å². The zero-order chi connectivity index (χ0) is 52.0. The first-order valence-electron chi connectivity index (χ1n) is 26.7. The number of hydrogen-bond donors (Lipinski definition) is 12. The van der Waals surface area contributed by atoms with Gasteiger partial charge >= 0.3 is 0 Å². The number of unbranched alkanes of at least 4 members (excludes halogenated alkanes) is 17. The fraction of sp³-hybridized carbons (Fsp3) is 0.865. The number of aliphatic hydroxyl groups excluding tert-OH is 11. The van der Waals surface area contributed by atoms with Crippen molar-refractivity contribution < 1.29 is 89.4 Å². The smallest absolute Gasteiger partial charge is 0.220 e. The lowest BCUT2D eigenvalue weighted by Crippen LogP contribution is -2.66. The summed E-state index contributed by atoms with van der Waals surface area (Å²) in [4.78, 5) is 13.1. The van der Waals surface area contributed by atoms with Crippen LogP contribution in [-0.2, 0) is 33.2 Å². The molecule has 0 aromatic carbocycles. The largest absolute Gasteiger partial charge is 0.394 e. The summed E-state index contributed by atoms with van der Waals surface area (Å²) in [5, 5.41) is 119. The maximum Gasteiger partial charge on any atom is 0.220 e. The summed E-state index contributed by atoms with van der Waals surface area (Å²) < 4.78 is 34.1. The molecule has 71 heavy (non-hydrogen) atoms. The summed E-state index contributed by atoms with van der Waals surface area (Å²) in [6, 6.07) is -0.990. The molecule has 0 saturated carbocycles. The second kappa shape index (κ2) is 36.9. The number of rotatable bonds is 37. The summed E-state index contributed by atoms with van der Waals surface area (Å²) in [5.41, 5.74) is 0. The molecule has 19 heteroatoms. The molecule has 0 spiro atoms. The predicted molar refractivity (Wildman–Crippen MR) is 263 cm³/mol. The number of aliphatic hydroxyl groups is 11. The predicted octanol–water partition coefficient (Wildman–Crippen LogP) is 2.59. The fourth-order valence-electron chi connectivity index (χ4n) is 8.93. The maximum absolute atomic E-state index is 13.1. The molecule has 12 N–H and O–H groups in total. The molecule has 0 aliphatic carbocycles. The monoisotopic (exact) mass is 1020 g/mol. The third-order valence-electron chi connectivity index (χ3n) is 13.4. The van der Waals surface area contributed by atoms with Crippen LogP contribution in [0.4, 0.5) is 0 Å². The van der Waals surface area contributed by atoms with E-state index >= 15 is 0 Å². The van der Waals surface area contributed by atoms with Gasteiger partial charge in [-0.3, -0.25) is 4.79 Å². The van der Waals surface area contributed by atoms with E-state index in [0.717, 1.165) is 51.4 Å². The van der Waals surface area contributed by atoms with Crippen LogP contribution in [0, 0.1) is 0 Å². The van der Waals surface area contributed by atoms with Crippen molar-refractivity contribution >= 4 is 5.91 Å². The van der Waals surface area contributed by atoms with Crippen molar-refractivity contribution in [3.8, 4) is 0 Å². The first-order chi connectivity index (χ1) is 34.3. The van der Waals surface area contributed by atoms with E-state index in [1.54, 1.807) is 6.08 Å². The van der Waals surface area contributed by atoms with Crippen molar-refractivity contribution in [3.63, 3.8) is 0 Å². The minimum atomic E-state index is -1.98. The lowest BCUT2D eigenvalue weighted by molar-refractivity contribution is -0.379. The summed E-state index contributed by atoms with van der Waals surface area (Å²) in [5.74, 6) is -0.297. The number of hydrogen-bond acceptors (Lipinski definition) is 18. The molecule has 17 unspecified atom stereocenters. The Kier molecular flexibility index (Phi) is 32.9. The number of amides is 1. The van der Waals surface area contributed by atoms with E-state index in [4.69, 9.17) is 28.4 Å². The normalized spacial score (nSPS) is 32.5. The molecule has 1 amide bonds. The van der Waals surface area contributed by atoms with Crippen LogP contribution in [0.2, 0.25) is 0 Å². The van der Waals surface area contributed by atoms with Crippen LogP contribution < -0.4 is 5.32 Å². The molecule has 19 nitrogen and oxygen atoms in total. The van der Waals surface area contributed by atoms with Crippen LogP contribution >= 0.6 is 0 Å². The van der Waals surface area contributed by atoms with Gasteiger partial charge in [-0.05, 0) is 44.9 Å². The highest BCUT2D eigenvalue weighted by atomic mass is 16.8. The number of nitrogens with one attached hydrogen (secondary N) is 1. The van der Waals surface area contributed by atoms with E-state index in [-0.39, 0.29) is 18.9 Å². The zero-order valence-corrected chi connectivity index (χ0v) is 42.4. The Labute approximate surface area is 421 Å². The fourth-order valence-corrected chi connectivity index (χ4v) is 8.93. The molecule has 3 aliphatic rings. The quantitative estimate of drug-likeness (QED) is 0.0314. The van der Waals surface area contributed by atoms with Crippen LogP contribution in [0.1, 0.15) is 155 Å². The molecule has 3 aliphatic heterocycles. The van der Waals surface area contributed by atoms with Crippen molar-refractivity contribution in [3.05, 3.63) is 36.5 Å². The third kappa shape index (κ3) is 22.4. The van der Waals surface area contributed by atoms with Gasteiger partial charge in [0.25, 0.3) is 0 Å². The van der Waals surface area contributed by atoms with Gasteiger partial charge in [-0.1, -0.05) is 140 Å². The summed E-state index contributed by atoms with van der Waals surface area (Å²) in [6.07, 6.45) is 8.83. The highest BCUT2D eigenvalue weighted by Gasteiger charge is 2.53. The number of carbonyl (C=O) groups excluding carboxylic acids is 1. The molecule has 0 aromatic rings. The summed E-state index contributed by atoms with van der Waals surface area (Å²) in [7, 11) is 0. The number of carbonyl (C=O) groups is 1. The molecule has 3 fully saturated rings. The van der Waals surface area contributed by atoms with E-state index in [9.17, 15) is 61.0 Å². The van der Waals surface area contributed by atoms with Crippen molar-refractivity contribution in [2.75, 3.05) is 26.4 Å². The SMILES string of the molecule is CCCCCCCCCC/C=C/CC/C=C/CC/C=C/C(O)C(COC1OC(CO)C(OC2OC(CO)C(OC3OC(CO)C(O)C(O)C3O)C(O)C2O)C(O)C1O)NC(=O)CCCCCCCCCC. The minimum absolute atomic E-state index is 0.232. The molecule has 3 saturated heterocycles. The molecule has 0 aromatic heterocycles. The van der Waals surface area contributed by atoms with Gasteiger partial charge in [0.2, 0.25) is 5.91 Å². The second-order valence-corrected chi connectivity index (χ2v) is 19.3. The number of ether oxygens (including phenoxy) is 6. The molecule has 17 atom stereocenters. The summed E-state index contributed by atoms with van der Waals surface area (Å²) >= 11 is 0. The molecule has 0 bridgehead atoms. The first kappa shape index (κ1) is 63.3. The Morgan fingerprint density at radius 3 is 1.41 bits per heavy atom. The van der Waals surface area contributed by atoms with E-state index in [1.807, 2.05) is 6.08 Å². The van der Waals surface area contributed by atoms with E-state index in [1.165, 1.54) is 70.6 Å². The van der Waals surface area contributed by atoms with E-state index in [0.29, 0.717) is 12.8 Å². The molecular weight excluding hydrogens is 927 g/mol. The van der Waals surface area contributed by atoms with Crippen molar-refractivity contribution in [2.45, 2.75) is 259 Å². The third-order valence-corrected chi connectivity index (χ3v) is 13.4. The molecule has 414 valence electrons. The maximum atomic E-state index is 13.1. The van der Waals surface area contributed by atoms with Crippen LogP contribution in [0.15, 0.2) is 36.5 Å². The Hall–Kier alpha value is -1.99. The molecule has 3 rings (SSSR count). The molecular formula is C52H93NO18. The highest BCUT2D eigenvalue weighted by molar-refractivity contribution is 5.76. The van der Waals surface area contributed by atoms with Gasteiger partial charge in [0.1, 0.15) is 73.2 Å². The van der Waals surface area contributed by atoms with Gasteiger partial charge in [0.15, 0.2) is 18.9 Å². The van der Waals surface area contributed by atoms with Gasteiger partial charge < -0.3 is 89.9 Å². The van der Waals surface area contributed by atoms with Gasteiger partial charge in [-0.2, -0.15) is 0 Å².